The monoisotopic (exact) mass is 494 g/mol. The van der Waals surface area contributed by atoms with Crippen molar-refractivity contribution in [3.8, 4) is 0 Å². The maximum atomic E-state index is 13.9. The number of amides is 1. The van der Waals surface area contributed by atoms with Crippen LogP contribution in [0.5, 0.6) is 0 Å². The summed E-state index contributed by atoms with van der Waals surface area (Å²) in [6.07, 6.45) is 0. The fourth-order valence-corrected chi connectivity index (χ4v) is 5.19. The fourth-order valence-electron chi connectivity index (χ4n) is 3.38. The number of carbonyl (C=O) groups is 1. The third-order valence-electron chi connectivity index (χ3n) is 5.10. The number of nitrogens with one attached hydrogen (secondary N) is 1. The van der Waals surface area contributed by atoms with Crippen molar-refractivity contribution in [3.63, 3.8) is 0 Å². The largest absolute Gasteiger partial charge is 0.319 e. The van der Waals surface area contributed by atoms with Gasteiger partial charge in [0.05, 0.1) is 27.8 Å². The van der Waals surface area contributed by atoms with Crippen LogP contribution < -0.4 is 9.62 Å². The molecule has 1 amide bonds. The Morgan fingerprint density at radius 2 is 1.53 bits per heavy atom. The van der Waals surface area contributed by atoms with E-state index in [-0.39, 0.29) is 27.7 Å². The molecule has 0 heterocycles. The second kappa shape index (κ2) is 10.1. The van der Waals surface area contributed by atoms with Crippen molar-refractivity contribution in [1.29, 1.82) is 0 Å². The van der Waals surface area contributed by atoms with Crippen molar-refractivity contribution >= 4 is 38.9 Å². The molecule has 4 aromatic carbocycles. The van der Waals surface area contributed by atoms with Gasteiger partial charge in [0.15, 0.2) is 0 Å². The minimum Gasteiger partial charge on any atom is -0.319 e. The van der Waals surface area contributed by atoms with Crippen molar-refractivity contribution in [3.05, 3.63) is 125 Å². The highest BCUT2D eigenvalue weighted by atomic mass is 35.5. The Morgan fingerprint density at radius 3 is 2.26 bits per heavy atom. The van der Waals surface area contributed by atoms with Crippen molar-refractivity contribution in [2.45, 2.75) is 11.4 Å². The number of hydrogen-bond donors (Lipinski definition) is 1. The van der Waals surface area contributed by atoms with Gasteiger partial charge in [-0.1, -0.05) is 72.3 Å². The Morgan fingerprint density at radius 1 is 0.853 bits per heavy atom. The predicted octanol–water partition coefficient (Wildman–Crippen LogP) is 6.13. The molecule has 5 nitrogen and oxygen atoms in total. The average Bonchev–Trinajstić information content (AvgIpc) is 2.85. The van der Waals surface area contributed by atoms with Gasteiger partial charge in [0, 0.05) is 5.56 Å². The van der Waals surface area contributed by atoms with Gasteiger partial charge in [-0.3, -0.25) is 9.10 Å². The Bertz CT molecular complexity index is 1430. The number of anilines is 2. The number of carbonyl (C=O) groups excluding carboxylic acids is 1. The van der Waals surface area contributed by atoms with Gasteiger partial charge in [0.2, 0.25) is 0 Å². The normalized spacial score (nSPS) is 11.1. The molecule has 0 aromatic heterocycles. The number of sulfonamides is 1. The van der Waals surface area contributed by atoms with E-state index < -0.39 is 21.7 Å². The van der Waals surface area contributed by atoms with E-state index in [9.17, 15) is 17.6 Å². The molecule has 0 fully saturated rings. The topological polar surface area (TPSA) is 66.5 Å². The van der Waals surface area contributed by atoms with Crippen molar-refractivity contribution in [2.24, 2.45) is 0 Å². The van der Waals surface area contributed by atoms with E-state index in [0.29, 0.717) is 5.69 Å². The third kappa shape index (κ3) is 5.11. The van der Waals surface area contributed by atoms with Crippen LogP contribution in [0.4, 0.5) is 15.8 Å². The lowest BCUT2D eigenvalue weighted by Crippen LogP contribution is -2.31. The molecular formula is C26H20ClFN2O3S. The highest BCUT2D eigenvalue weighted by Crippen LogP contribution is 2.32. The molecule has 4 rings (SSSR count). The Kier molecular flexibility index (Phi) is 6.95. The van der Waals surface area contributed by atoms with Gasteiger partial charge in [-0.25, -0.2) is 12.8 Å². The van der Waals surface area contributed by atoms with E-state index in [1.807, 2.05) is 30.3 Å². The Balaban J connectivity index is 1.71. The maximum Gasteiger partial charge on any atom is 0.264 e. The zero-order valence-corrected chi connectivity index (χ0v) is 19.4. The minimum atomic E-state index is -4.12. The smallest absolute Gasteiger partial charge is 0.264 e. The number of para-hydroxylation sites is 2. The van der Waals surface area contributed by atoms with Crippen LogP contribution in [0.2, 0.25) is 5.02 Å². The standard InChI is InChI=1S/C26H20ClFN2O3S/c27-22-13-4-7-16-25(22)30(18-19-9-2-1-3-10-19)34(32,33)21-12-8-11-20(17-21)26(31)29-24-15-6-5-14-23(24)28/h1-17H,18H2,(H,29,31). The average molecular weight is 495 g/mol. The molecule has 0 aliphatic heterocycles. The number of nitrogens with zero attached hydrogens (tertiary/aromatic N) is 1. The molecule has 0 atom stereocenters. The van der Waals surface area contributed by atoms with E-state index >= 15 is 0 Å². The van der Waals surface area contributed by atoms with Gasteiger partial charge >= 0.3 is 0 Å². The number of halogens is 2. The van der Waals surface area contributed by atoms with E-state index in [2.05, 4.69) is 5.32 Å². The molecule has 0 bridgehead atoms. The Hall–Kier alpha value is -3.68. The zero-order chi connectivity index (χ0) is 24.1. The highest BCUT2D eigenvalue weighted by Gasteiger charge is 2.27. The summed E-state index contributed by atoms with van der Waals surface area (Å²) in [5.74, 6) is -1.22. The van der Waals surface area contributed by atoms with E-state index in [4.69, 9.17) is 11.6 Å². The molecule has 8 heteroatoms. The number of hydrogen-bond acceptors (Lipinski definition) is 3. The molecule has 0 unspecified atom stereocenters. The van der Waals surface area contributed by atoms with Crippen LogP contribution in [0.1, 0.15) is 15.9 Å². The van der Waals surface area contributed by atoms with E-state index in [0.717, 1.165) is 5.56 Å². The summed E-state index contributed by atoms with van der Waals surface area (Å²) in [5.41, 5.74) is 1.15. The summed E-state index contributed by atoms with van der Waals surface area (Å²) in [5, 5.41) is 2.75. The van der Waals surface area contributed by atoms with Gasteiger partial charge in [-0.2, -0.15) is 0 Å². The fraction of sp³-hybridized carbons (Fsp3) is 0.0385. The number of rotatable bonds is 7. The zero-order valence-electron chi connectivity index (χ0n) is 17.9. The molecule has 0 saturated carbocycles. The van der Waals surface area contributed by atoms with E-state index in [1.165, 1.54) is 46.8 Å². The lowest BCUT2D eigenvalue weighted by Gasteiger charge is -2.26. The van der Waals surface area contributed by atoms with Gasteiger partial charge in [-0.15, -0.1) is 0 Å². The van der Waals surface area contributed by atoms with Crippen molar-refractivity contribution in [1.82, 2.24) is 0 Å². The Labute approximate surface area is 202 Å². The van der Waals surface area contributed by atoms with Crippen LogP contribution in [0.3, 0.4) is 0 Å². The molecular weight excluding hydrogens is 475 g/mol. The molecule has 0 aliphatic carbocycles. The van der Waals surface area contributed by atoms with Gasteiger partial charge in [0.25, 0.3) is 15.9 Å². The minimum absolute atomic E-state index is 0.00234. The first-order chi connectivity index (χ1) is 16.4. The van der Waals surface area contributed by atoms with Crippen LogP contribution in [0.15, 0.2) is 108 Å². The van der Waals surface area contributed by atoms with Crippen molar-refractivity contribution in [2.75, 3.05) is 9.62 Å². The molecule has 0 spiro atoms. The molecule has 0 aliphatic rings. The van der Waals surface area contributed by atoms with Crippen LogP contribution >= 0.6 is 11.6 Å². The summed E-state index contributed by atoms with van der Waals surface area (Å²) in [4.78, 5) is 12.6. The van der Waals surface area contributed by atoms with Crippen molar-refractivity contribution < 1.29 is 17.6 Å². The summed E-state index contributed by atoms with van der Waals surface area (Å²) in [6, 6.07) is 27.1. The molecule has 34 heavy (non-hydrogen) atoms. The summed E-state index contributed by atoms with van der Waals surface area (Å²) in [6.45, 7) is 0.0402. The third-order valence-corrected chi connectivity index (χ3v) is 7.17. The molecule has 4 aromatic rings. The maximum absolute atomic E-state index is 13.9. The molecule has 1 N–H and O–H groups in total. The SMILES string of the molecule is O=C(Nc1ccccc1F)c1cccc(S(=O)(=O)N(Cc2ccccc2)c2ccccc2Cl)c1. The first-order valence-corrected chi connectivity index (χ1v) is 12.2. The second-order valence-corrected chi connectivity index (χ2v) is 9.68. The highest BCUT2D eigenvalue weighted by molar-refractivity contribution is 7.92. The lowest BCUT2D eigenvalue weighted by atomic mass is 10.2. The summed E-state index contributed by atoms with van der Waals surface area (Å²) < 4.78 is 42.7. The van der Waals surface area contributed by atoms with Crippen LogP contribution in [0.25, 0.3) is 0 Å². The quantitative estimate of drug-likeness (QED) is 0.336. The number of benzene rings is 4. The van der Waals surface area contributed by atoms with Crippen LogP contribution in [0, 0.1) is 5.82 Å². The summed E-state index contributed by atoms with van der Waals surface area (Å²) in [7, 11) is -4.12. The molecule has 0 radical (unpaired) electrons. The second-order valence-electron chi connectivity index (χ2n) is 7.41. The first-order valence-electron chi connectivity index (χ1n) is 10.3. The van der Waals surface area contributed by atoms with Gasteiger partial charge in [-0.05, 0) is 48.0 Å². The van der Waals surface area contributed by atoms with Crippen LogP contribution in [-0.2, 0) is 16.6 Å². The van der Waals surface area contributed by atoms with Gasteiger partial charge in [0.1, 0.15) is 5.82 Å². The summed E-state index contributed by atoms with van der Waals surface area (Å²) >= 11 is 6.36. The van der Waals surface area contributed by atoms with E-state index in [1.54, 1.807) is 30.3 Å². The molecule has 172 valence electrons. The molecule has 0 saturated heterocycles. The van der Waals surface area contributed by atoms with Crippen LogP contribution in [-0.4, -0.2) is 14.3 Å². The predicted molar refractivity (Wildman–Crippen MR) is 132 cm³/mol. The van der Waals surface area contributed by atoms with Gasteiger partial charge < -0.3 is 5.32 Å². The lowest BCUT2D eigenvalue weighted by molar-refractivity contribution is 0.102. The first kappa shape index (κ1) is 23.5.